The highest BCUT2D eigenvalue weighted by Gasteiger charge is 2.48. The molecule has 0 spiro atoms. The summed E-state index contributed by atoms with van der Waals surface area (Å²) >= 11 is 0. The standard InChI is InChI=1S/C77H119N11O17/c1-15-48(8)67(86(12)76(101)65(46(4)5)84-74(99)66(47(6)7)85(10)11)58(103-13)43-63(94)87-40-24-29-55(87)70(104-14)49(9)72(97)82-54(41-51-25-18-16-19-26-51)56(89)30-22-27-50-32-34-53(35-33-50)81-73(98)52(28-23-38-79-77(78)102)42-57(90)64(45(2)3)83-75(100)71-69(96)68(95)59(105-71)44-80-60(91)31-20-17-21-39-88-61(92)36-37-62(88)93/h16,18-19,25-26,32-37,45-49,52,54-55,58-59,64-71,95-96H,15,17,20-24,27-31,38-44H2,1-14H3,(H,80,91)(H,81,98)(H,82,97)(H,83,100)(H,84,99)(H3,78,79,102)/t48-,49+,52-,54-,55-,58+,59+,64+,65?,66-,67-,68+,69+,70+,71-/m0/s1. The van der Waals surface area contributed by atoms with Crippen LogP contribution in [0.15, 0.2) is 66.7 Å². The van der Waals surface area contributed by atoms with Gasteiger partial charge >= 0.3 is 6.03 Å². The smallest absolute Gasteiger partial charge is 0.312 e. The van der Waals surface area contributed by atoms with Gasteiger partial charge in [-0.15, -0.1) is 0 Å². The van der Waals surface area contributed by atoms with Gasteiger partial charge in [0.2, 0.25) is 35.4 Å². The number of ketones is 2. The molecule has 2 aromatic rings. The van der Waals surface area contributed by atoms with Crippen molar-refractivity contribution in [2.45, 2.75) is 232 Å². The minimum Gasteiger partial charge on any atom is -0.388 e. The number of rotatable bonds is 45. The maximum absolute atomic E-state index is 14.7. The van der Waals surface area contributed by atoms with Crippen molar-refractivity contribution in [2.75, 3.05) is 66.9 Å². The van der Waals surface area contributed by atoms with Crippen molar-refractivity contribution in [3.8, 4) is 0 Å². The number of aryl methyl sites for hydroxylation is 1. The van der Waals surface area contributed by atoms with Gasteiger partial charge in [-0.05, 0) is 119 Å². The van der Waals surface area contributed by atoms with E-state index in [0.29, 0.717) is 63.6 Å². The third-order valence-corrected chi connectivity index (χ3v) is 20.5. The number of likely N-dealkylation sites (tertiary alicyclic amines) is 1. The van der Waals surface area contributed by atoms with Crippen molar-refractivity contribution in [1.29, 1.82) is 0 Å². The molecule has 0 aliphatic carbocycles. The Morgan fingerprint density at radius 1 is 0.695 bits per heavy atom. The van der Waals surface area contributed by atoms with Gasteiger partial charge in [-0.3, -0.25) is 62.5 Å². The van der Waals surface area contributed by atoms with Crippen LogP contribution in [0, 0.1) is 35.5 Å². The number of primary amides is 1. The number of methoxy groups -OCH3 is 2. The Kier molecular flexibility index (Phi) is 35.8. The van der Waals surface area contributed by atoms with E-state index in [0.717, 1.165) is 16.0 Å². The molecule has 0 radical (unpaired) electrons. The van der Waals surface area contributed by atoms with Crippen molar-refractivity contribution in [1.82, 2.24) is 46.2 Å². The second kappa shape index (κ2) is 43.0. The molecule has 15 atom stereocenters. The number of ether oxygens (including phenoxy) is 3. The number of hydrogen-bond acceptors (Lipinski definition) is 18. The van der Waals surface area contributed by atoms with E-state index in [1.54, 1.807) is 61.9 Å². The zero-order chi connectivity index (χ0) is 77.9. The van der Waals surface area contributed by atoms with Gasteiger partial charge in [0.05, 0.1) is 54.8 Å². The minimum atomic E-state index is -1.71. The van der Waals surface area contributed by atoms with Crippen LogP contribution in [0.25, 0.3) is 0 Å². The molecular weight excluding hydrogens is 1350 g/mol. The summed E-state index contributed by atoms with van der Waals surface area (Å²) in [5.41, 5.74) is 7.39. The number of aliphatic hydroxyl groups is 2. The predicted molar refractivity (Wildman–Crippen MR) is 395 cm³/mol. The molecule has 3 aliphatic rings. The number of nitrogens with zero attached hydrogens (tertiary/aromatic N) is 4. The zero-order valence-electron chi connectivity index (χ0n) is 64.1. The van der Waals surface area contributed by atoms with Gasteiger partial charge in [0.1, 0.15) is 24.4 Å². The number of amides is 11. The van der Waals surface area contributed by atoms with Gasteiger partial charge in [-0.1, -0.05) is 118 Å². The van der Waals surface area contributed by atoms with Crippen LogP contribution in [0.5, 0.6) is 0 Å². The van der Waals surface area contributed by atoms with Crippen molar-refractivity contribution in [3.63, 3.8) is 0 Å². The SMILES string of the molecule is CC[C@H](C)[C@@H]([C@@H](CC(=O)N1CCC[C@H]1[C@H](OC)[C@@H](C)C(=O)N[C@@H](Cc1ccccc1)C(=O)CCCc1ccc(NC(=O)[C@@H](CCCNC(N)=O)CC(=O)[C@H](NC(=O)[C@H]2O[C@H](CNC(=O)CCCCCN3C(=O)C=CC3=O)[C@@H](O)[C@H]2O)C(C)C)cc1)OC)N(C)C(=O)C(NC(=O)[C@H](C(C)C)N(C)C)C(C)C. The summed E-state index contributed by atoms with van der Waals surface area (Å²) in [6.45, 7) is 17.3. The Hall–Kier alpha value is -8.02. The second-order valence-corrected chi connectivity index (χ2v) is 29.6. The summed E-state index contributed by atoms with van der Waals surface area (Å²) in [4.78, 5) is 168. The number of urea groups is 1. The van der Waals surface area contributed by atoms with E-state index in [4.69, 9.17) is 19.9 Å². The Balaban J connectivity index is 1.18. The molecular formula is C77H119N11O17. The van der Waals surface area contributed by atoms with Crippen LogP contribution in [0.3, 0.4) is 0 Å². The number of likely N-dealkylation sites (N-methyl/N-ethyl adjacent to an activating group) is 2. The number of Topliss-reactive ketones (excluding diaryl/α,β-unsaturated/α-hetero) is 2. The lowest BCUT2D eigenvalue weighted by Gasteiger charge is -2.41. The first-order chi connectivity index (χ1) is 49.7. The Morgan fingerprint density at radius 3 is 1.94 bits per heavy atom. The van der Waals surface area contributed by atoms with Crippen LogP contribution in [0.4, 0.5) is 10.5 Å². The molecule has 0 aromatic heterocycles. The first-order valence-electron chi connectivity index (χ1n) is 37.3. The van der Waals surface area contributed by atoms with E-state index in [2.05, 4.69) is 31.9 Å². The summed E-state index contributed by atoms with van der Waals surface area (Å²) in [6.07, 6.45) is -0.454. The van der Waals surface area contributed by atoms with E-state index in [1.807, 2.05) is 90.9 Å². The summed E-state index contributed by atoms with van der Waals surface area (Å²) in [6, 6.07) is 11.2. The van der Waals surface area contributed by atoms with Gasteiger partial charge in [0.15, 0.2) is 17.7 Å². The molecule has 3 aliphatic heterocycles. The lowest BCUT2D eigenvalue weighted by Crippen LogP contribution is -2.59. The molecule has 105 heavy (non-hydrogen) atoms. The van der Waals surface area contributed by atoms with Crippen LogP contribution in [-0.4, -0.2) is 235 Å². The molecule has 584 valence electrons. The number of benzene rings is 2. The molecule has 1 unspecified atom stereocenters. The molecule has 10 N–H and O–H groups in total. The number of anilines is 1. The molecule has 28 nitrogen and oxygen atoms in total. The summed E-state index contributed by atoms with van der Waals surface area (Å²) in [7, 11) is 8.41. The Labute approximate surface area is 619 Å². The fraction of sp³-hybridized carbons (Fsp3) is 0.662. The Bertz CT molecular complexity index is 3230. The Morgan fingerprint density at radius 2 is 1.35 bits per heavy atom. The quantitative estimate of drug-likeness (QED) is 0.0332. The van der Waals surface area contributed by atoms with Crippen molar-refractivity contribution >= 4 is 76.4 Å². The van der Waals surface area contributed by atoms with Gasteiger partial charge < -0.3 is 71.9 Å². The molecule has 2 aromatic carbocycles. The van der Waals surface area contributed by atoms with Gasteiger partial charge in [0.25, 0.3) is 17.7 Å². The lowest BCUT2D eigenvalue weighted by atomic mass is 9.89. The molecule has 3 heterocycles. The summed E-state index contributed by atoms with van der Waals surface area (Å²) in [5.74, 6) is -7.05. The van der Waals surface area contributed by atoms with E-state index in [1.165, 1.54) is 26.4 Å². The monoisotopic (exact) mass is 1470 g/mol. The molecule has 0 saturated carbocycles. The van der Waals surface area contributed by atoms with Gasteiger partial charge in [0, 0.05) is 90.5 Å². The van der Waals surface area contributed by atoms with Gasteiger partial charge in [-0.25, -0.2) is 4.79 Å². The van der Waals surface area contributed by atoms with Crippen LogP contribution in [0.1, 0.15) is 157 Å². The second-order valence-electron chi connectivity index (χ2n) is 29.6. The molecule has 0 bridgehead atoms. The minimum absolute atomic E-state index is 0.00969. The van der Waals surface area contributed by atoms with Crippen molar-refractivity contribution < 1.29 is 82.0 Å². The average molecular weight is 1470 g/mol. The maximum Gasteiger partial charge on any atom is 0.312 e. The number of carbonyl (C=O) groups excluding carboxylic acids is 12. The van der Waals surface area contributed by atoms with Crippen LogP contribution in [0.2, 0.25) is 0 Å². The fourth-order valence-corrected chi connectivity index (χ4v) is 14.4. The molecule has 2 saturated heterocycles. The van der Waals surface area contributed by atoms with Gasteiger partial charge in [-0.2, -0.15) is 0 Å². The van der Waals surface area contributed by atoms with Crippen molar-refractivity contribution in [3.05, 3.63) is 77.9 Å². The van der Waals surface area contributed by atoms with E-state index >= 15 is 0 Å². The zero-order valence-corrected chi connectivity index (χ0v) is 64.1. The van der Waals surface area contributed by atoms with E-state index in [9.17, 15) is 67.7 Å². The number of unbranched alkanes of at least 4 members (excludes halogenated alkanes) is 2. The molecule has 11 amide bonds. The first-order valence-corrected chi connectivity index (χ1v) is 37.3. The molecule has 28 heteroatoms. The number of imide groups is 1. The number of hydrogen-bond donors (Lipinski definition) is 9. The van der Waals surface area contributed by atoms with Crippen LogP contribution in [-0.2, 0) is 79.8 Å². The van der Waals surface area contributed by atoms with Crippen LogP contribution < -0.4 is 37.6 Å². The summed E-state index contributed by atoms with van der Waals surface area (Å²) < 4.78 is 18.0. The average Bonchev–Trinajstić information content (AvgIpc) is 1.79. The largest absolute Gasteiger partial charge is 0.388 e. The number of nitrogens with two attached hydrogens (primary N) is 1. The van der Waals surface area contributed by atoms with Crippen molar-refractivity contribution in [2.24, 2.45) is 41.2 Å². The summed E-state index contributed by atoms with van der Waals surface area (Å²) in [5, 5.41) is 38.5. The maximum atomic E-state index is 14.7. The lowest BCUT2D eigenvalue weighted by molar-refractivity contribution is -0.148. The van der Waals surface area contributed by atoms with E-state index in [-0.39, 0.29) is 124 Å². The number of nitrogens with one attached hydrogen (secondary N) is 6. The third-order valence-electron chi connectivity index (χ3n) is 20.5. The topological polar surface area (TPSA) is 384 Å². The molecule has 2 fully saturated rings. The first kappa shape index (κ1) is 87.6. The molecule has 5 rings (SSSR count). The highest BCUT2D eigenvalue weighted by atomic mass is 16.5. The number of carbonyl (C=O) groups is 12. The highest BCUT2D eigenvalue weighted by molar-refractivity contribution is 6.12. The fourth-order valence-electron chi connectivity index (χ4n) is 14.4. The van der Waals surface area contributed by atoms with Crippen LogP contribution >= 0.6 is 0 Å². The third kappa shape index (κ3) is 25.9. The number of aliphatic hydroxyl groups excluding tert-OH is 2. The van der Waals surface area contributed by atoms with E-state index < -0.39 is 120 Å². The normalized spacial score (nSPS) is 20.2. The predicted octanol–water partition coefficient (Wildman–Crippen LogP) is 4.15. The highest BCUT2D eigenvalue weighted by Crippen LogP contribution is 2.31.